The monoisotopic (exact) mass is 941 g/mol. The minimum Gasteiger partial charge on any atom is -0.462 e. The molecule has 388 valence electrons. The fraction of sp³-hybridized carbons (Fsp3) is 0.914. The molecular formula is C58H104N2O7. The number of unbranched alkanes of at least 4 members (excludes halogenated alkanes) is 12. The van der Waals surface area contributed by atoms with Gasteiger partial charge in [-0.05, 0) is 130 Å². The van der Waals surface area contributed by atoms with Gasteiger partial charge in [0.05, 0.1) is 51.8 Å². The SMILES string of the molecule is CCCCCCCCC=CCCCCCCCCOCC(CN1CCOCC1)OCCOCCOC(=O)COC1CCC2(C)C(=CCC3C2CCC2(C)C3CCC2(N)C(C)CCCC(C)C)C1. The predicted octanol–water partition coefficient (Wildman–Crippen LogP) is 12.8. The van der Waals surface area contributed by atoms with Crippen LogP contribution in [0.4, 0.5) is 0 Å². The maximum absolute atomic E-state index is 12.7. The smallest absolute Gasteiger partial charge is 0.332 e. The Labute approximate surface area is 411 Å². The summed E-state index contributed by atoms with van der Waals surface area (Å²) in [6.07, 6.45) is 38.9. The number of carbonyl (C=O) groups excluding carboxylic acids is 1. The number of carbonyl (C=O) groups is 1. The van der Waals surface area contributed by atoms with Crippen LogP contribution in [0.5, 0.6) is 0 Å². The standard InChI is InChI=1S/C58H104N2O7/c1-7-8-9-10-11-12-13-14-15-16-17-18-19-20-21-22-36-64-45-51(44-60-34-37-62-38-35-60)65-41-39-63-40-42-66-55(61)46-67-50-28-31-56(5)49(43-50)26-27-52-53(56)29-32-57(6)54(52)30-33-58(57,59)48(4)25-23-24-47(2)3/h14-15,26,47-48,50-54H,7-13,16-25,27-46,59H2,1-6H3. The lowest BCUT2D eigenvalue weighted by molar-refractivity contribution is -0.153. The molecule has 9 nitrogen and oxygen atoms in total. The zero-order valence-electron chi connectivity index (χ0n) is 44.3. The number of ether oxygens (including phenoxy) is 6. The summed E-state index contributed by atoms with van der Waals surface area (Å²) in [5, 5.41) is 0. The van der Waals surface area contributed by atoms with Gasteiger partial charge in [0.15, 0.2) is 0 Å². The molecule has 9 atom stereocenters. The lowest BCUT2D eigenvalue weighted by atomic mass is 9.46. The van der Waals surface area contributed by atoms with E-state index in [-0.39, 0.29) is 47.8 Å². The Morgan fingerprint density at radius 2 is 1.48 bits per heavy atom. The molecule has 4 fully saturated rings. The molecule has 5 aliphatic rings. The Morgan fingerprint density at radius 1 is 0.791 bits per heavy atom. The molecule has 0 spiro atoms. The minimum atomic E-state index is -0.313. The first-order valence-corrected chi connectivity index (χ1v) is 28.5. The van der Waals surface area contributed by atoms with Gasteiger partial charge in [0.1, 0.15) is 13.2 Å². The summed E-state index contributed by atoms with van der Waals surface area (Å²) in [5.41, 5.74) is 9.52. The molecule has 2 N–H and O–H groups in total. The molecule has 67 heavy (non-hydrogen) atoms. The van der Waals surface area contributed by atoms with E-state index in [1.807, 2.05) is 0 Å². The lowest BCUT2D eigenvalue weighted by Crippen LogP contribution is -2.60. The van der Waals surface area contributed by atoms with Crippen LogP contribution in [0.25, 0.3) is 0 Å². The van der Waals surface area contributed by atoms with E-state index in [0.29, 0.717) is 32.3 Å². The second kappa shape index (κ2) is 30.5. The molecule has 9 unspecified atom stereocenters. The summed E-state index contributed by atoms with van der Waals surface area (Å²) in [6.45, 7) is 21.6. The zero-order valence-corrected chi connectivity index (χ0v) is 44.3. The van der Waals surface area contributed by atoms with E-state index >= 15 is 0 Å². The molecule has 1 aliphatic heterocycles. The maximum Gasteiger partial charge on any atom is 0.332 e. The number of hydrogen-bond acceptors (Lipinski definition) is 9. The Kier molecular flexibility index (Phi) is 25.8. The van der Waals surface area contributed by atoms with Crippen molar-refractivity contribution in [2.45, 2.75) is 220 Å². The molecular weight excluding hydrogens is 837 g/mol. The zero-order chi connectivity index (χ0) is 47.8. The first-order chi connectivity index (χ1) is 32.5. The summed E-state index contributed by atoms with van der Waals surface area (Å²) < 4.78 is 35.5. The van der Waals surface area contributed by atoms with E-state index in [2.05, 4.69) is 64.7 Å². The van der Waals surface area contributed by atoms with Crippen molar-refractivity contribution >= 4 is 5.97 Å². The molecule has 3 saturated carbocycles. The molecule has 0 aromatic heterocycles. The van der Waals surface area contributed by atoms with Crippen molar-refractivity contribution in [2.24, 2.45) is 46.2 Å². The highest BCUT2D eigenvalue weighted by atomic mass is 16.6. The third-order valence-corrected chi connectivity index (χ3v) is 17.9. The number of morpholine rings is 1. The van der Waals surface area contributed by atoms with E-state index in [9.17, 15) is 4.79 Å². The second-order valence-corrected chi connectivity index (χ2v) is 22.9. The van der Waals surface area contributed by atoms with Crippen LogP contribution >= 0.6 is 0 Å². The number of nitrogens with two attached hydrogens (primary N) is 1. The van der Waals surface area contributed by atoms with Gasteiger partial charge in [-0.1, -0.05) is 136 Å². The van der Waals surface area contributed by atoms with Gasteiger partial charge in [-0.15, -0.1) is 0 Å². The van der Waals surface area contributed by atoms with Gasteiger partial charge in [-0.3, -0.25) is 4.90 Å². The summed E-state index contributed by atoms with van der Waals surface area (Å²) in [7, 11) is 0. The van der Waals surface area contributed by atoms with Crippen molar-refractivity contribution in [1.29, 1.82) is 0 Å². The number of nitrogens with zero attached hydrogens (tertiary/aromatic N) is 1. The highest BCUT2D eigenvalue weighted by molar-refractivity contribution is 5.70. The van der Waals surface area contributed by atoms with Crippen LogP contribution in [0.15, 0.2) is 23.8 Å². The van der Waals surface area contributed by atoms with Gasteiger partial charge in [-0.25, -0.2) is 4.79 Å². The van der Waals surface area contributed by atoms with Crippen LogP contribution < -0.4 is 5.73 Å². The lowest BCUT2D eigenvalue weighted by Gasteiger charge is -2.60. The summed E-state index contributed by atoms with van der Waals surface area (Å²) in [5.74, 6) is 3.20. The van der Waals surface area contributed by atoms with Crippen LogP contribution in [0, 0.1) is 40.4 Å². The quantitative estimate of drug-likeness (QED) is 0.0378. The molecule has 0 aromatic carbocycles. The molecule has 1 saturated heterocycles. The average molecular weight is 941 g/mol. The van der Waals surface area contributed by atoms with Crippen molar-refractivity contribution in [1.82, 2.24) is 4.90 Å². The number of esters is 1. The van der Waals surface area contributed by atoms with Crippen molar-refractivity contribution in [2.75, 3.05) is 79.1 Å². The first-order valence-electron chi connectivity index (χ1n) is 28.5. The summed E-state index contributed by atoms with van der Waals surface area (Å²) >= 11 is 0. The number of allylic oxidation sites excluding steroid dienone is 3. The van der Waals surface area contributed by atoms with Crippen molar-refractivity contribution < 1.29 is 33.2 Å². The van der Waals surface area contributed by atoms with Crippen LogP contribution in [0.2, 0.25) is 0 Å². The average Bonchev–Trinajstić information content (AvgIpc) is 3.60. The molecule has 5 rings (SSSR count). The number of hydrogen-bond donors (Lipinski definition) is 1. The van der Waals surface area contributed by atoms with Gasteiger partial charge < -0.3 is 34.2 Å². The molecule has 4 aliphatic carbocycles. The summed E-state index contributed by atoms with van der Waals surface area (Å²) in [6, 6.07) is 0. The van der Waals surface area contributed by atoms with Gasteiger partial charge in [0.25, 0.3) is 0 Å². The number of rotatable bonds is 35. The molecule has 0 radical (unpaired) electrons. The topological polar surface area (TPSA) is 102 Å². The van der Waals surface area contributed by atoms with E-state index in [0.717, 1.165) is 88.8 Å². The molecule has 1 heterocycles. The summed E-state index contributed by atoms with van der Waals surface area (Å²) in [4.78, 5) is 15.1. The third kappa shape index (κ3) is 17.7. The fourth-order valence-electron chi connectivity index (χ4n) is 13.5. The van der Waals surface area contributed by atoms with E-state index in [1.165, 1.54) is 135 Å². The Hall–Kier alpha value is -1.33. The highest BCUT2D eigenvalue weighted by Crippen LogP contribution is 2.68. The van der Waals surface area contributed by atoms with Gasteiger partial charge in [0, 0.05) is 31.8 Å². The largest absolute Gasteiger partial charge is 0.462 e. The fourth-order valence-corrected chi connectivity index (χ4v) is 13.5. The minimum absolute atomic E-state index is 0.00132. The number of fused-ring (bicyclic) bond motifs is 5. The molecule has 0 amide bonds. The van der Waals surface area contributed by atoms with Crippen molar-refractivity contribution in [3.8, 4) is 0 Å². The molecule has 9 heteroatoms. The Balaban J connectivity index is 0.897. The molecule has 0 aromatic rings. The van der Waals surface area contributed by atoms with Crippen LogP contribution in [-0.4, -0.2) is 108 Å². The van der Waals surface area contributed by atoms with Crippen molar-refractivity contribution in [3.05, 3.63) is 23.8 Å². The second-order valence-electron chi connectivity index (χ2n) is 22.9. The first kappa shape index (κ1) is 56.6. The van der Waals surface area contributed by atoms with E-state index in [1.54, 1.807) is 5.57 Å². The highest BCUT2D eigenvalue weighted by Gasteiger charge is 2.63. The van der Waals surface area contributed by atoms with Crippen molar-refractivity contribution in [3.63, 3.8) is 0 Å². The normalized spacial score (nSPS) is 29.7. The Morgan fingerprint density at radius 3 is 2.21 bits per heavy atom. The van der Waals surface area contributed by atoms with Crippen LogP contribution in [-0.2, 0) is 33.2 Å². The predicted molar refractivity (Wildman–Crippen MR) is 275 cm³/mol. The van der Waals surface area contributed by atoms with E-state index in [4.69, 9.17) is 34.2 Å². The van der Waals surface area contributed by atoms with Gasteiger partial charge >= 0.3 is 5.97 Å². The maximum atomic E-state index is 12.7. The van der Waals surface area contributed by atoms with Crippen LogP contribution in [0.3, 0.4) is 0 Å². The Bertz CT molecular complexity index is 1420. The third-order valence-electron chi connectivity index (χ3n) is 17.9. The van der Waals surface area contributed by atoms with Gasteiger partial charge in [-0.2, -0.15) is 0 Å². The van der Waals surface area contributed by atoms with E-state index < -0.39 is 0 Å². The molecule has 0 bridgehead atoms. The van der Waals surface area contributed by atoms with Crippen LogP contribution in [0.1, 0.15) is 202 Å². The van der Waals surface area contributed by atoms with Gasteiger partial charge in [0.2, 0.25) is 0 Å².